The van der Waals surface area contributed by atoms with Gasteiger partial charge < -0.3 is 9.84 Å². The average Bonchev–Trinajstić information content (AvgIpc) is 2.81. The molecule has 1 aromatic heterocycles. The third-order valence-corrected chi connectivity index (χ3v) is 2.42. The number of ether oxygens (including phenoxy) is 1. The number of aromatic nitrogens is 2. The Kier molecular flexibility index (Phi) is 3.09. The van der Waals surface area contributed by atoms with Crippen LogP contribution in [0.5, 0.6) is 5.75 Å². The first-order valence-electron chi connectivity index (χ1n) is 5.08. The largest absolute Gasteiger partial charge is 0.496 e. The predicted molar refractivity (Wildman–Crippen MR) is 61.3 cm³/mol. The maximum Gasteiger partial charge on any atom is 0.335 e. The molecule has 2 rings (SSSR count). The molecule has 1 aromatic carbocycles. The van der Waals surface area contributed by atoms with E-state index in [9.17, 15) is 4.79 Å². The molecule has 0 saturated heterocycles. The number of hydrogen-bond acceptors (Lipinski definition) is 3. The zero-order chi connectivity index (χ0) is 12.3. The lowest BCUT2D eigenvalue weighted by Gasteiger charge is -2.09. The van der Waals surface area contributed by atoms with Gasteiger partial charge in [-0.3, -0.25) is 4.68 Å². The van der Waals surface area contributed by atoms with Gasteiger partial charge in [0.05, 0.1) is 19.2 Å². The summed E-state index contributed by atoms with van der Waals surface area (Å²) in [6, 6.07) is 6.59. The molecule has 0 bridgehead atoms. The fourth-order valence-electron chi connectivity index (χ4n) is 1.60. The molecule has 0 atom stereocenters. The van der Waals surface area contributed by atoms with Gasteiger partial charge in [-0.1, -0.05) is 0 Å². The fraction of sp³-hybridized carbons (Fsp3) is 0.167. The van der Waals surface area contributed by atoms with E-state index >= 15 is 0 Å². The predicted octanol–water partition coefficient (Wildman–Crippen LogP) is 1.64. The number of carbonyl (C=O) groups is 1. The summed E-state index contributed by atoms with van der Waals surface area (Å²) in [7, 11) is 1.56. The summed E-state index contributed by atoms with van der Waals surface area (Å²) in [5.41, 5.74) is 1.03. The van der Waals surface area contributed by atoms with Gasteiger partial charge in [-0.25, -0.2) is 4.79 Å². The number of nitrogens with zero attached hydrogens (tertiary/aromatic N) is 2. The van der Waals surface area contributed by atoms with E-state index in [1.54, 1.807) is 30.1 Å². The van der Waals surface area contributed by atoms with Crippen LogP contribution < -0.4 is 4.74 Å². The molecule has 0 aliphatic rings. The van der Waals surface area contributed by atoms with Crippen molar-refractivity contribution in [1.29, 1.82) is 0 Å². The molecule has 5 heteroatoms. The van der Waals surface area contributed by atoms with Crippen LogP contribution in [0.25, 0.3) is 0 Å². The maximum atomic E-state index is 10.9. The van der Waals surface area contributed by atoms with Gasteiger partial charge in [0.1, 0.15) is 5.75 Å². The quantitative estimate of drug-likeness (QED) is 0.870. The highest BCUT2D eigenvalue weighted by atomic mass is 16.5. The van der Waals surface area contributed by atoms with Crippen LogP contribution in [0.15, 0.2) is 36.7 Å². The zero-order valence-corrected chi connectivity index (χ0v) is 9.33. The SMILES string of the molecule is COc1ccc(C(=O)O)cc1Cn1cccn1. The van der Waals surface area contributed by atoms with Crippen LogP contribution in [0.1, 0.15) is 15.9 Å². The van der Waals surface area contributed by atoms with E-state index in [4.69, 9.17) is 9.84 Å². The van der Waals surface area contributed by atoms with Crippen LogP contribution in [0, 0.1) is 0 Å². The lowest BCUT2D eigenvalue weighted by Crippen LogP contribution is -2.05. The molecule has 5 nitrogen and oxygen atoms in total. The average molecular weight is 232 g/mol. The number of carboxylic acids is 1. The molecule has 0 aliphatic heterocycles. The molecule has 1 N–H and O–H groups in total. The van der Waals surface area contributed by atoms with Crippen molar-refractivity contribution in [2.45, 2.75) is 6.54 Å². The Morgan fingerprint density at radius 3 is 2.94 bits per heavy atom. The molecule has 0 amide bonds. The molecule has 0 fully saturated rings. The smallest absolute Gasteiger partial charge is 0.335 e. The maximum absolute atomic E-state index is 10.9. The Hall–Kier alpha value is -2.30. The van der Waals surface area contributed by atoms with Gasteiger partial charge in [0, 0.05) is 18.0 Å². The van der Waals surface area contributed by atoms with Crippen LogP contribution in [0.2, 0.25) is 0 Å². The second-order valence-electron chi connectivity index (χ2n) is 3.54. The highest BCUT2D eigenvalue weighted by Gasteiger charge is 2.09. The van der Waals surface area contributed by atoms with Crippen molar-refractivity contribution in [1.82, 2.24) is 9.78 Å². The molecule has 0 aliphatic carbocycles. The molecule has 0 radical (unpaired) electrons. The number of rotatable bonds is 4. The normalized spacial score (nSPS) is 10.2. The first-order valence-corrected chi connectivity index (χ1v) is 5.08. The van der Waals surface area contributed by atoms with Gasteiger partial charge in [-0.15, -0.1) is 0 Å². The highest BCUT2D eigenvalue weighted by molar-refractivity contribution is 5.88. The van der Waals surface area contributed by atoms with Gasteiger partial charge in [0.15, 0.2) is 0 Å². The Morgan fingerprint density at radius 1 is 1.53 bits per heavy atom. The van der Waals surface area contributed by atoms with Crippen LogP contribution >= 0.6 is 0 Å². The van der Waals surface area contributed by atoms with Crippen molar-refractivity contribution in [2.24, 2.45) is 0 Å². The first kappa shape index (κ1) is 11.2. The lowest BCUT2D eigenvalue weighted by molar-refractivity contribution is 0.0696. The number of hydrogen-bond donors (Lipinski definition) is 1. The van der Waals surface area contributed by atoms with Gasteiger partial charge in [0.2, 0.25) is 0 Å². The van der Waals surface area contributed by atoms with Crippen molar-refractivity contribution >= 4 is 5.97 Å². The molecule has 2 aromatic rings. The molecule has 0 spiro atoms. The van der Waals surface area contributed by atoms with Crippen molar-refractivity contribution < 1.29 is 14.6 Å². The second kappa shape index (κ2) is 4.69. The number of aromatic carboxylic acids is 1. The van der Waals surface area contributed by atoms with Crippen molar-refractivity contribution in [3.05, 3.63) is 47.8 Å². The molecule has 17 heavy (non-hydrogen) atoms. The summed E-state index contributed by atoms with van der Waals surface area (Å²) in [5, 5.41) is 13.0. The van der Waals surface area contributed by atoms with E-state index < -0.39 is 5.97 Å². The highest BCUT2D eigenvalue weighted by Crippen LogP contribution is 2.20. The fourth-order valence-corrected chi connectivity index (χ4v) is 1.60. The van der Waals surface area contributed by atoms with E-state index in [-0.39, 0.29) is 5.56 Å². The lowest BCUT2D eigenvalue weighted by atomic mass is 10.1. The number of carboxylic acid groups (broad SMARTS) is 1. The molecule has 0 unspecified atom stereocenters. The summed E-state index contributed by atoms with van der Waals surface area (Å²) >= 11 is 0. The van der Waals surface area contributed by atoms with Gasteiger partial charge >= 0.3 is 5.97 Å². The summed E-state index contributed by atoms with van der Waals surface area (Å²) in [5.74, 6) is -0.292. The molecular formula is C12H12N2O3. The van der Waals surface area contributed by atoms with Crippen molar-refractivity contribution in [2.75, 3.05) is 7.11 Å². The Bertz CT molecular complexity index is 521. The standard InChI is InChI=1S/C12H12N2O3/c1-17-11-4-3-9(12(15)16)7-10(11)8-14-6-2-5-13-14/h2-7H,8H2,1H3,(H,15,16). The topological polar surface area (TPSA) is 64.3 Å². The van der Waals surface area contributed by atoms with Crippen LogP contribution in [0.3, 0.4) is 0 Å². The Morgan fingerprint density at radius 2 is 2.35 bits per heavy atom. The second-order valence-corrected chi connectivity index (χ2v) is 3.54. The minimum absolute atomic E-state index is 0.243. The molecule has 88 valence electrons. The van der Waals surface area contributed by atoms with E-state index in [0.717, 1.165) is 5.56 Å². The van der Waals surface area contributed by atoms with Crippen molar-refractivity contribution in [3.63, 3.8) is 0 Å². The van der Waals surface area contributed by atoms with E-state index in [1.807, 2.05) is 12.3 Å². The minimum Gasteiger partial charge on any atom is -0.496 e. The molecular weight excluding hydrogens is 220 g/mol. The summed E-state index contributed by atoms with van der Waals surface area (Å²) in [6.45, 7) is 0.483. The van der Waals surface area contributed by atoms with Gasteiger partial charge in [-0.05, 0) is 24.3 Å². The summed E-state index contributed by atoms with van der Waals surface area (Å²) < 4.78 is 6.91. The van der Waals surface area contributed by atoms with Crippen LogP contribution in [-0.4, -0.2) is 28.0 Å². The molecule has 0 saturated carbocycles. The van der Waals surface area contributed by atoms with Crippen LogP contribution in [0.4, 0.5) is 0 Å². The number of methoxy groups -OCH3 is 1. The first-order chi connectivity index (χ1) is 8.20. The van der Waals surface area contributed by atoms with Crippen LogP contribution in [-0.2, 0) is 6.54 Å². The van der Waals surface area contributed by atoms with E-state index in [2.05, 4.69) is 5.10 Å². The zero-order valence-electron chi connectivity index (χ0n) is 9.33. The van der Waals surface area contributed by atoms with E-state index in [0.29, 0.717) is 12.3 Å². The monoisotopic (exact) mass is 232 g/mol. The third kappa shape index (κ3) is 2.44. The Balaban J connectivity index is 2.35. The summed E-state index contributed by atoms with van der Waals surface area (Å²) in [4.78, 5) is 10.9. The van der Waals surface area contributed by atoms with Gasteiger partial charge in [0.25, 0.3) is 0 Å². The Labute approximate surface area is 98.3 Å². The summed E-state index contributed by atoms with van der Waals surface area (Å²) in [6.07, 6.45) is 3.49. The van der Waals surface area contributed by atoms with Crippen molar-refractivity contribution in [3.8, 4) is 5.75 Å². The van der Waals surface area contributed by atoms with E-state index in [1.165, 1.54) is 6.07 Å². The molecule has 1 heterocycles. The third-order valence-electron chi connectivity index (χ3n) is 2.42. The number of benzene rings is 1. The van der Waals surface area contributed by atoms with Gasteiger partial charge in [-0.2, -0.15) is 5.10 Å². The minimum atomic E-state index is -0.950.